The first-order valence-corrected chi connectivity index (χ1v) is 7.42. The van der Waals surface area contributed by atoms with E-state index in [2.05, 4.69) is 33.9 Å². The number of hydrogen-bond donors (Lipinski definition) is 0. The summed E-state index contributed by atoms with van der Waals surface area (Å²) in [6, 6.07) is 0.291. The van der Waals surface area contributed by atoms with Crippen molar-refractivity contribution in [1.82, 2.24) is 20.0 Å². The van der Waals surface area contributed by atoms with Gasteiger partial charge in [0.15, 0.2) is 5.82 Å². The molecule has 102 valence electrons. The van der Waals surface area contributed by atoms with Crippen molar-refractivity contribution < 1.29 is 4.52 Å². The average molecular weight is 278 g/mol. The molecule has 0 saturated carbocycles. The minimum Gasteiger partial charge on any atom is -0.340 e. The van der Waals surface area contributed by atoms with Gasteiger partial charge in [0.05, 0.1) is 16.7 Å². The molecule has 0 aromatic carbocycles. The molecule has 1 saturated heterocycles. The van der Waals surface area contributed by atoms with Gasteiger partial charge in [-0.25, -0.2) is 4.98 Å². The molecule has 3 rings (SSSR count). The van der Waals surface area contributed by atoms with Crippen LogP contribution >= 0.6 is 11.3 Å². The van der Waals surface area contributed by atoms with Crippen LogP contribution in [0, 0.1) is 20.8 Å². The quantitative estimate of drug-likeness (QED) is 0.864. The van der Waals surface area contributed by atoms with E-state index in [-0.39, 0.29) is 0 Å². The Morgan fingerprint density at radius 1 is 1.32 bits per heavy atom. The molecule has 1 fully saturated rings. The lowest BCUT2D eigenvalue weighted by Gasteiger charge is -2.21. The number of thiazole rings is 1. The fraction of sp³-hybridized carbons (Fsp3) is 0.615. The zero-order valence-electron chi connectivity index (χ0n) is 11.5. The molecule has 19 heavy (non-hydrogen) atoms. The summed E-state index contributed by atoms with van der Waals surface area (Å²) in [5.74, 6) is 1.47. The van der Waals surface area contributed by atoms with Gasteiger partial charge in [-0.05, 0) is 33.2 Å². The summed E-state index contributed by atoms with van der Waals surface area (Å²) in [5.41, 5.74) is 1.15. The molecule has 0 unspecified atom stereocenters. The molecule has 6 heteroatoms. The molecule has 5 nitrogen and oxygen atoms in total. The first kappa shape index (κ1) is 12.7. The summed E-state index contributed by atoms with van der Waals surface area (Å²) in [6.45, 7) is 8.02. The van der Waals surface area contributed by atoms with Crippen molar-refractivity contribution in [2.45, 2.75) is 46.2 Å². The Hall–Kier alpha value is -1.27. The highest BCUT2D eigenvalue weighted by Crippen LogP contribution is 2.33. The van der Waals surface area contributed by atoms with Gasteiger partial charge < -0.3 is 4.52 Å². The zero-order chi connectivity index (χ0) is 13.4. The molecule has 1 aliphatic heterocycles. The molecule has 1 aliphatic rings. The maximum atomic E-state index is 5.11. The summed E-state index contributed by atoms with van der Waals surface area (Å²) in [5, 5.41) is 5.21. The highest BCUT2D eigenvalue weighted by Gasteiger charge is 2.30. The number of nitrogens with zero attached hydrogens (tertiary/aromatic N) is 4. The Labute approximate surface area is 116 Å². The van der Waals surface area contributed by atoms with E-state index >= 15 is 0 Å². The lowest BCUT2D eigenvalue weighted by molar-refractivity contribution is 0.235. The Balaban J connectivity index is 1.78. The van der Waals surface area contributed by atoms with E-state index in [1.807, 2.05) is 6.92 Å². The predicted molar refractivity (Wildman–Crippen MR) is 73.0 cm³/mol. The summed E-state index contributed by atoms with van der Waals surface area (Å²) in [6.07, 6.45) is 2.30. The van der Waals surface area contributed by atoms with Gasteiger partial charge in [0.25, 0.3) is 0 Å². The van der Waals surface area contributed by atoms with E-state index in [0.717, 1.165) is 36.0 Å². The van der Waals surface area contributed by atoms with Crippen molar-refractivity contribution in [1.29, 1.82) is 0 Å². The topological polar surface area (TPSA) is 55.1 Å². The van der Waals surface area contributed by atoms with E-state index in [9.17, 15) is 0 Å². The fourth-order valence-corrected chi connectivity index (χ4v) is 3.63. The van der Waals surface area contributed by atoms with Crippen molar-refractivity contribution >= 4 is 11.3 Å². The molecule has 2 aromatic heterocycles. The first-order chi connectivity index (χ1) is 9.13. The number of aryl methyl sites for hydroxylation is 3. The third-order valence-corrected chi connectivity index (χ3v) is 4.61. The van der Waals surface area contributed by atoms with E-state index in [1.165, 1.54) is 11.3 Å². The van der Waals surface area contributed by atoms with Crippen LogP contribution in [0.25, 0.3) is 0 Å². The highest BCUT2D eigenvalue weighted by molar-refractivity contribution is 7.11. The largest absolute Gasteiger partial charge is 0.340 e. The van der Waals surface area contributed by atoms with Crippen LogP contribution in [0.2, 0.25) is 0 Å². The maximum Gasteiger partial charge on any atom is 0.223 e. The van der Waals surface area contributed by atoms with Crippen LogP contribution < -0.4 is 0 Å². The Bertz CT molecular complexity index is 577. The molecule has 0 N–H and O–H groups in total. The Kier molecular flexibility index (Phi) is 3.36. The summed E-state index contributed by atoms with van der Waals surface area (Å²) < 4.78 is 5.11. The van der Waals surface area contributed by atoms with Crippen LogP contribution in [-0.2, 0) is 6.54 Å². The van der Waals surface area contributed by atoms with Gasteiger partial charge in [-0.2, -0.15) is 4.98 Å². The van der Waals surface area contributed by atoms with Crippen molar-refractivity contribution in [2.24, 2.45) is 0 Å². The number of likely N-dealkylation sites (tertiary alicyclic amines) is 1. The van der Waals surface area contributed by atoms with Gasteiger partial charge in [0, 0.05) is 18.3 Å². The normalized spacial score (nSPS) is 20.3. The first-order valence-electron chi connectivity index (χ1n) is 6.60. The van der Waals surface area contributed by atoms with Gasteiger partial charge in [-0.3, -0.25) is 4.90 Å². The minimum atomic E-state index is 0.291. The molecule has 0 amide bonds. The van der Waals surface area contributed by atoms with Gasteiger partial charge in [-0.15, -0.1) is 11.3 Å². The van der Waals surface area contributed by atoms with Crippen LogP contribution in [0.1, 0.15) is 46.2 Å². The molecule has 0 radical (unpaired) electrons. The number of aromatic nitrogens is 3. The molecular weight excluding hydrogens is 260 g/mol. The number of hydrogen-bond acceptors (Lipinski definition) is 6. The second-order valence-electron chi connectivity index (χ2n) is 5.04. The lowest BCUT2D eigenvalue weighted by atomic mass is 10.2. The van der Waals surface area contributed by atoms with Crippen LogP contribution in [0.5, 0.6) is 0 Å². The summed E-state index contributed by atoms with van der Waals surface area (Å²) >= 11 is 1.79. The second-order valence-corrected chi connectivity index (χ2v) is 6.33. The van der Waals surface area contributed by atoms with Crippen LogP contribution in [0.3, 0.4) is 0 Å². The number of rotatable bonds is 3. The van der Waals surface area contributed by atoms with Crippen molar-refractivity contribution in [2.75, 3.05) is 6.54 Å². The molecule has 3 heterocycles. The molecule has 0 aliphatic carbocycles. The lowest BCUT2D eigenvalue weighted by Crippen LogP contribution is -2.23. The van der Waals surface area contributed by atoms with E-state index in [4.69, 9.17) is 4.52 Å². The second kappa shape index (κ2) is 5.02. The maximum absolute atomic E-state index is 5.11. The smallest absolute Gasteiger partial charge is 0.223 e. The minimum absolute atomic E-state index is 0.291. The molecule has 0 bridgehead atoms. The van der Waals surface area contributed by atoms with Gasteiger partial charge in [0.1, 0.15) is 0 Å². The summed E-state index contributed by atoms with van der Waals surface area (Å²) in [7, 11) is 0. The van der Waals surface area contributed by atoms with E-state index in [0.29, 0.717) is 11.9 Å². The Morgan fingerprint density at radius 3 is 2.79 bits per heavy atom. The third-order valence-electron chi connectivity index (χ3n) is 3.55. The third kappa shape index (κ3) is 2.55. The molecule has 1 atom stereocenters. The fourth-order valence-electron chi connectivity index (χ4n) is 2.66. The molecule has 0 spiro atoms. The monoisotopic (exact) mass is 278 g/mol. The van der Waals surface area contributed by atoms with E-state index in [1.54, 1.807) is 11.3 Å². The standard InChI is InChI=1S/C13H18N4OS/c1-8-12(19-10(3)14-8)7-17-6-4-5-11(17)13-15-9(2)18-16-13/h11H,4-7H2,1-3H3/t11-/m1/s1. The molecule has 2 aromatic rings. The van der Waals surface area contributed by atoms with Crippen LogP contribution in [0.15, 0.2) is 4.52 Å². The summed E-state index contributed by atoms with van der Waals surface area (Å²) in [4.78, 5) is 12.7. The van der Waals surface area contributed by atoms with Crippen LogP contribution in [0.4, 0.5) is 0 Å². The van der Waals surface area contributed by atoms with Gasteiger partial charge in [0.2, 0.25) is 5.89 Å². The van der Waals surface area contributed by atoms with Crippen LogP contribution in [-0.4, -0.2) is 26.6 Å². The van der Waals surface area contributed by atoms with E-state index < -0.39 is 0 Å². The van der Waals surface area contributed by atoms with Gasteiger partial charge >= 0.3 is 0 Å². The van der Waals surface area contributed by atoms with Crippen molar-refractivity contribution in [3.63, 3.8) is 0 Å². The SMILES string of the molecule is Cc1nc([C@H]2CCCN2Cc2sc(C)nc2C)no1. The van der Waals surface area contributed by atoms with Crippen molar-refractivity contribution in [3.8, 4) is 0 Å². The predicted octanol–water partition coefficient (Wildman–Crippen LogP) is 2.79. The van der Waals surface area contributed by atoms with Gasteiger partial charge in [-0.1, -0.05) is 5.16 Å². The molecular formula is C13H18N4OS. The Morgan fingerprint density at radius 2 is 2.16 bits per heavy atom. The zero-order valence-corrected chi connectivity index (χ0v) is 12.3. The average Bonchev–Trinajstić information content (AvgIpc) is 3.02. The highest BCUT2D eigenvalue weighted by atomic mass is 32.1. The van der Waals surface area contributed by atoms with Crippen molar-refractivity contribution in [3.05, 3.63) is 27.3 Å².